The molecule has 0 aliphatic rings. The number of carbonyl (C=O) groups is 1. The van der Waals surface area contributed by atoms with Crippen LogP contribution in [0.25, 0.3) is 0 Å². The molecule has 2 aromatic rings. The summed E-state index contributed by atoms with van der Waals surface area (Å²) in [4.78, 5) is 12.0. The van der Waals surface area contributed by atoms with Crippen LogP contribution in [0, 0.1) is 5.82 Å². The summed E-state index contributed by atoms with van der Waals surface area (Å²) in [5.74, 6) is -1.68. The zero-order valence-electron chi connectivity index (χ0n) is 12.2. The van der Waals surface area contributed by atoms with Crippen molar-refractivity contribution in [2.24, 2.45) is 0 Å². The topological polar surface area (TPSA) is 69.6 Å². The van der Waals surface area contributed by atoms with E-state index in [1.807, 2.05) is 30.3 Å². The van der Waals surface area contributed by atoms with Gasteiger partial charge in [-0.2, -0.15) is 0 Å². The minimum Gasteiger partial charge on any atom is -0.508 e. The average molecular weight is 303 g/mol. The van der Waals surface area contributed by atoms with Crippen molar-refractivity contribution in [1.82, 2.24) is 5.32 Å². The molecule has 0 aromatic heterocycles. The number of amides is 1. The SMILES string of the molecule is C[C@@H](NC(=O)c1ccc(O)cc1F)[C@H](O)Cc1ccccc1. The van der Waals surface area contributed by atoms with E-state index >= 15 is 0 Å². The van der Waals surface area contributed by atoms with Gasteiger partial charge in [-0.05, 0) is 24.6 Å². The lowest BCUT2D eigenvalue weighted by Crippen LogP contribution is -2.42. The summed E-state index contributed by atoms with van der Waals surface area (Å²) in [6.45, 7) is 1.66. The van der Waals surface area contributed by atoms with E-state index in [2.05, 4.69) is 5.32 Å². The first-order valence-electron chi connectivity index (χ1n) is 6.98. The largest absolute Gasteiger partial charge is 0.508 e. The molecule has 0 spiro atoms. The van der Waals surface area contributed by atoms with Gasteiger partial charge in [0.05, 0.1) is 17.7 Å². The van der Waals surface area contributed by atoms with E-state index in [-0.39, 0.29) is 11.3 Å². The molecule has 0 aliphatic carbocycles. The van der Waals surface area contributed by atoms with E-state index in [9.17, 15) is 14.3 Å². The molecular formula is C17H18FNO3. The molecule has 2 rings (SSSR count). The van der Waals surface area contributed by atoms with Crippen LogP contribution in [0.1, 0.15) is 22.8 Å². The summed E-state index contributed by atoms with van der Waals surface area (Å²) in [5, 5.41) is 21.8. The number of hydrogen-bond donors (Lipinski definition) is 3. The van der Waals surface area contributed by atoms with Crippen LogP contribution in [0.15, 0.2) is 48.5 Å². The summed E-state index contributed by atoms with van der Waals surface area (Å²) in [7, 11) is 0. The lowest BCUT2D eigenvalue weighted by Gasteiger charge is -2.20. The quantitative estimate of drug-likeness (QED) is 0.793. The normalized spacial score (nSPS) is 13.4. The molecule has 0 unspecified atom stereocenters. The molecule has 5 heteroatoms. The van der Waals surface area contributed by atoms with E-state index in [0.29, 0.717) is 6.42 Å². The smallest absolute Gasteiger partial charge is 0.254 e. The monoisotopic (exact) mass is 303 g/mol. The molecule has 0 saturated heterocycles. The molecule has 0 aliphatic heterocycles. The number of aliphatic hydroxyl groups excluding tert-OH is 1. The number of phenolic OH excluding ortho intramolecular Hbond substituents is 1. The average Bonchev–Trinajstić information content (AvgIpc) is 2.47. The van der Waals surface area contributed by atoms with Gasteiger partial charge in [-0.25, -0.2) is 4.39 Å². The van der Waals surface area contributed by atoms with Crippen molar-refractivity contribution in [3.63, 3.8) is 0 Å². The standard InChI is InChI=1S/C17H18FNO3/c1-11(16(21)9-12-5-3-2-4-6-12)19-17(22)14-8-7-13(20)10-15(14)18/h2-8,10-11,16,20-21H,9H2,1H3,(H,19,22)/t11-,16-/m1/s1. The third kappa shape index (κ3) is 4.05. The first-order valence-corrected chi connectivity index (χ1v) is 6.98. The van der Waals surface area contributed by atoms with E-state index in [0.717, 1.165) is 11.6 Å². The van der Waals surface area contributed by atoms with Crippen molar-refractivity contribution < 1.29 is 19.4 Å². The molecule has 116 valence electrons. The van der Waals surface area contributed by atoms with Gasteiger partial charge in [-0.15, -0.1) is 0 Å². The van der Waals surface area contributed by atoms with Gasteiger partial charge in [0.1, 0.15) is 11.6 Å². The van der Waals surface area contributed by atoms with E-state index in [1.165, 1.54) is 12.1 Å². The maximum absolute atomic E-state index is 13.6. The lowest BCUT2D eigenvalue weighted by molar-refractivity contribution is 0.0848. The summed E-state index contributed by atoms with van der Waals surface area (Å²) < 4.78 is 13.6. The zero-order valence-corrected chi connectivity index (χ0v) is 12.2. The Morgan fingerprint density at radius 1 is 1.23 bits per heavy atom. The highest BCUT2D eigenvalue weighted by atomic mass is 19.1. The van der Waals surface area contributed by atoms with Crippen LogP contribution in [0.3, 0.4) is 0 Å². The molecule has 3 N–H and O–H groups in total. The van der Waals surface area contributed by atoms with Gasteiger partial charge in [0, 0.05) is 12.5 Å². The predicted molar refractivity (Wildman–Crippen MR) is 81.1 cm³/mol. The Kier molecular flexibility index (Phi) is 5.12. The van der Waals surface area contributed by atoms with Crippen LogP contribution < -0.4 is 5.32 Å². The van der Waals surface area contributed by atoms with Gasteiger partial charge >= 0.3 is 0 Å². The maximum atomic E-state index is 13.6. The van der Waals surface area contributed by atoms with Crippen molar-refractivity contribution in [2.45, 2.75) is 25.5 Å². The highest BCUT2D eigenvalue weighted by Gasteiger charge is 2.19. The molecule has 2 atom stereocenters. The summed E-state index contributed by atoms with van der Waals surface area (Å²) in [6, 6.07) is 12.2. The van der Waals surface area contributed by atoms with Crippen LogP contribution in [0.2, 0.25) is 0 Å². The molecule has 0 heterocycles. The summed E-state index contributed by atoms with van der Waals surface area (Å²) in [5.41, 5.74) is 0.781. The van der Waals surface area contributed by atoms with Crippen LogP contribution in [-0.4, -0.2) is 28.3 Å². The Balaban J connectivity index is 1.98. The zero-order chi connectivity index (χ0) is 16.1. The molecule has 4 nitrogen and oxygen atoms in total. The van der Waals surface area contributed by atoms with Crippen molar-refractivity contribution >= 4 is 5.91 Å². The Hall–Kier alpha value is -2.40. The third-order valence-electron chi connectivity index (χ3n) is 3.42. The maximum Gasteiger partial charge on any atom is 0.254 e. The number of phenols is 1. The molecule has 2 aromatic carbocycles. The second-order valence-corrected chi connectivity index (χ2v) is 5.18. The summed E-state index contributed by atoms with van der Waals surface area (Å²) in [6.07, 6.45) is -0.396. The Morgan fingerprint density at radius 2 is 1.91 bits per heavy atom. The van der Waals surface area contributed by atoms with E-state index in [4.69, 9.17) is 5.11 Å². The van der Waals surface area contributed by atoms with E-state index in [1.54, 1.807) is 6.92 Å². The first kappa shape index (κ1) is 16.0. The number of aliphatic hydroxyl groups is 1. The number of nitrogens with one attached hydrogen (secondary N) is 1. The fourth-order valence-electron chi connectivity index (χ4n) is 2.10. The molecule has 0 saturated carbocycles. The fraction of sp³-hybridized carbons (Fsp3) is 0.235. The van der Waals surface area contributed by atoms with Crippen molar-refractivity contribution in [3.8, 4) is 5.75 Å². The second-order valence-electron chi connectivity index (χ2n) is 5.18. The fourth-order valence-corrected chi connectivity index (χ4v) is 2.10. The van der Waals surface area contributed by atoms with Crippen molar-refractivity contribution in [2.75, 3.05) is 0 Å². The highest BCUT2D eigenvalue weighted by Crippen LogP contribution is 2.15. The highest BCUT2D eigenvalue weighted by molar-refractivity contribution is 5.94. The minimum atomic E-state index is -0.803. The van der Waals surface area contributed by atoms with Crippen LogP contribution in [0.4, 0.5) is 4.39 Å². The Labute approximate surface area is 128 Å². The van der Waals surface area contributed by atoms with Gasteiger partial charge in [0.2, 0.25) is 0 Å². The van der Waals surface area contributed by atoms with Crippen molar-refractivity contribution in [1.29, 1.82) is 0 Å². The number of rotatable bonds is 5. The van der Waals surface area contributed by atoms with Crippen molar-refractivity contribution in [3.05, 3.63) is 65.5 Å². The van der Waals surface area contributed by atoms with Gasteiger partial charge in [0.15, 0.2) is 0 Å². The van der Waals surface area contributed by atoms with Gasteiger partial charge < -0.3 is 15.5 Å². The molecule has 22 heavy (non-hydrogen) atoms. The lowest BCUT2D eigenvalue weighted by atomic mass is 10.0. The predicted octanol–water partition coefficient (Wildman–Crippen LogP) is 2.25. The van der Waals surface area contributed by atoms with Crippen LogP contribution >= 0.6 is 0 Å². The molecule has 0 bridgehead atoms. The number of hydrogen-bond acceptors (Lipinski definition) is 3. The summed E-state index contributed by atoms with van der Waals surface area (Å²) >= 11 is 0. The minimum absolute atomic E-state index is 0.170. The van der Waals surface area contributed by atoms with E-state index < -0.39 is 23.9 Å². The first-order chi connectivity index (χ1) is 10.5. The molecular weight excluding hydrogens is 285 g/mol. The molecule has 0 fully saturated rings. The van der Waals surface area contributed by atoms with Crippen LogP contribution in [0.5, 0.6) is 5.75 Å². The Bertz CT molecular complexity index is 646. The Morgan fingerprint density at radius 3 is 2.55 bits per heavy atom. The number of carbonyl (C=O) groups excluding carboxylic acids is 1. The second kappa shape index (κ2) is 7.04. The number of aromatic hydroxyl groups is 1. The number of halogens is 1. The third-order valence-corrected chi connectivity index (χ3v) is 3.42. The molecule has 0 radical (unpaired) electrons. The van der Waals surface area contributed by atoms with Gasteiger partial charge in [0.25, 0.3) is 5.91 Å². The molecule has 1 amide bonds. The van der Waals surface area contributed by atoms with Crippen LogP contribution in [-0.2, 0) is 6.42 Å². The van der Waals surface area contributed by atoms with Gasteiger partial charge in [-0.3, -0.25) is 4.79 Å². The van der Waals surface area contributed by atoms with Gasteiger partial charge in [-0.1, -0.05) is 30.3 Å². The number of benzene rings is 2.